The number of hydrogen-bond acceptors (Lipinski definition) is 13. The van der Waals surface area contributed by atoms with Gasteiger partial charge < -0.3 is 65.3 Å². The number of aliphatic hydroxyl groups is 8. The highest BCUT2D eigenvalue weighted by Gasteiger charge is 2.58. The van der Waals surface area contributed by atoms with Gasteiger partial charge in [0.1, 0.15) is 49.3 Å². The number of carboxylic acids is 2. The topological polar surface area (TPSA) is 264 Å². The number of hydrogen-bond donors (Lipinski definition) is 10. The maximum absolute atomic E-state index is 10.00. The van der Waals surface area contributed by atoms with Crippen molar-refractivity contribution in [2.24, 2.45) is 5.92 Å². The minimum atomic E-state index is -2.22. The van der Waals surface area contributed by atoms with Gasteiger partial charge in [-0.3, -0.25) is 9.59 Å². The lowest BCUT2D eigenvalue weighted by Gasteiger charge is -2.43. The molecule has 2 rings (SSSR count). The number of carboxylic acid groups (broad SMARTS) is 2. The molecule has 0 spiro atoms. The van der Waals surface area contributed by atoms with E-state index in [0.29, 0.717) is 0 Å². The van der Waals surface area contributed by atoms with Gasteiger partial charge >= 0.3 is 5.97 Å². The van der Waals surface area contributed by atoms with Gasteiger partial charge in [0.15, 0.2) is 6.29 Å². The lowest BCUT2D eigenvalue weighted by atomic mass is 9.99. The molecule has 9 atom stereocenters. The molecule has 0 aromatic carbocycles. The molecular weight excluding hydrogens is 456 g/mol. The molecule has 0 radical (unpaired) electrons. The quantitative estimate of drug-likeness (QED) is 0.168. The Labute approximate surface area is 189 Å². The Morgan fingerprint density at radius 3 is 1.67 bits per heavy atom. The average molecular weight is 490 g/mol. The van der Waals surface area contributed by atoms with Crippen molar-refractivity contribution in [3.63, 3.8) is 0 Å². The molecule has 2 aliphatic rings. The summed E-state index contributed by atoms with van der Waals surface area (Å²) in [6.07, 6.45) is -12.7. The van der Waals surface area contributed by atoms with Crippen LogP contribution >= 0.6 is 0 Å². The Morgan fingerprint density at radius 2 is 1.33 bits per heavy atom. The van der Waals surface area contributed by atoms with Gasteiger partial charge in [0, 0.05) is 6.92 Å². The van der Waals surface area contributed by atoms with Crippen LogP contribution in [-0.2, 0) is 23.8 Å². The average Bonchev–Trinajstić information content (AvgIpc) is 2.99. The van der Waals surface area contributed by atoms with Crippen molar-refractivity contribution in [1.82, 2.24) is 0 Å². The zero-order valence-electron chi connectivity index (χ0n) is 18.3. The Morgan fingerprint density at radius 1 is 0.879 bits per heavy atom. The van der Waals surface area contributed by atoms with Crippen molar-refractivity contribution in [3.05, 3.63) is 0 Å². The van der Waals surface area contributed by atoms with E-state index < -0.39 is 86.6 Å². The number of rotatable bonds is 6. The second-order valence-electron chi connectivity index (χ2n) is 7.57. The molecule has 2 saturated heterocycles. The molecule has 196 valence electrons. The number of aliphatic carboxylic acids is 2. The molecular formula is C18H34O15. The normalized spacial score (nSPS) is 38.1. The van der Waals surface area contributed by atoms with Crippen LogP contribution < -0.4 is 0 Å². The van der Waals surface area contributed by atoms with E-state index in [1.54, 1.807) is 13.8 Å². The van der Waals surface area contributed by atoms with E-state index in [0.717, 1.165) is 6.92 Å². The minimum Gasteiger partial charge on any atom is -0.481 e. The van der Waals surface area contributed by atoms with E-state index in [-0.39, 0.29) is 5.92 Å². The maximum Gasteiger partial charge on any atom is 0.305 e. The molecule has 0 aliphatic carbocycles. The third-order valence-corrected chi connectivity index (χ3v) is 4.56. The summed E-state index contributed by atoms with van der Waals surface area (Å²) in [5.74, 6) is -4.03. The zero-order valence-corrected chi connectivity index (χ0v) is 18.3. The monoisotopic (exact) mass is 490 g/mol. The fraction of sp³-hybridized carbons (Fsp3) is 0.889. The summed E-state index contributed by atoms with van der Waals surface area (Å²) in [6.45, 7) is 2.04. The van der Waals surface area contributed by atoms with Crippen LogP contribution in [0.2, 0.25) is 0 Å². The van der Waals surface area contributed by atoms with Gasteiger partial charge in [-0.05, 0) is 0 Å². The number of aliphatic hydroxyl groups excluding tert-OH is 8. The van der Waals surface area contributed by atoms with E-state index in [4.69, 9.17) is 39.4 Å². The fourth-order valence-electron chi connectivity index (χ4n) is 2.63. The molecule has 15 nitrogen and oxygen atoms in total. The molecule has 15 heteroatoms. The van der Waals surface area contributed by atoms with Gasteiger partial charge in [-0.2, -0.15) is 0 Å². The zero-order chi connectivity index (χ0) is 26.1. The molecule has 0 aromatic rings. The molecule has 0 unspecified atom stereocenters. The third kappa shape index (κ3) is 8.66. The predicted molar refractivity (Wildman–Crippen MR) is 104 cm³/mol. The van der Waals surface area contributed by atoms with Crippen molar-refractivity contribution in [1.29, 1.82) is 0 Å². The van der Waals surface area contributed by atoms with Crippen molar-refractivity contribution >= 4 is 11.9 Å². The number of carbonyl (C=O) groups is 2. The van der Waals surface area contributed by atoms with Crippen LogP contribution in [0.3, 0.4) is 0 Å². The van der Waals surface area contributed by atoms with Crippen LogP contribution in [-0.4, -0.2) is 138 Å². The van der Waals surface area contributed by atoms with Gasteiger partial charge in [0.2, 0.25) is 5.79 Å². The van der Waals surface area contributed by atoms with Gasteiger partial charge in [-0.15, -0.1) is 0 Å². The van der Waals surface area contributed by atoms with Crippen LogP contribution in [0.1, 0.15) is 20.8 Å². The molecule has 0 aromatic heterocycles. The predicted octanol–water partition coefficient (Wildman–Crippen LogP) is -4.58. The van der Waals surface area contributed by atoms with Crippen LogP contribution in [0.5, 0.6) is 0 Å². The first-order valence-corrected chi connectivity index (χ1v) is 9.85. The highest BCUT2D eigenvalue weighted by molar-refractivity contribution is 5.68. The highest BCUT2D eigenvalue weighted by Crippen LogP contribution is 2.35. The summed E-state index contributed by atoms with van der Waals surface area (Å²) in [5.41, 5.74) is 0. The van der Waals surface area contributed by atoms with Crippen molar-refractivity contribution < 1.29 is 74.9 Å². The minimum absolute atomic E-state index is 0.231. The third-order valence-electron chi connectivity index (χ3n) is 4.56. The Balaban J connectivity index is 0.000000860. The molecule has 2 aliphatic heterocycles. The van der Waals surface area contributed by atoms with Crippen molar-refractivity contribution in [2.45, 2.75) is 75.6 Å². The molecule has 2 fully saturated rings. The Hall–Kier alpha value is -1.50. The largest absolute Gasteiger partial charge is 0.481 e. The first kappa shape index (κ1) is 31.5. The summed E-state index contributed by atoms with van der Waals surface area (Å²) < 4.78 is 15.4. The van der Waals surface area contributed by atoms with E-state index in [1.807, 2.05) is 0 Å². The standard InChI is InChI=1S/C12H22O11.C4H8O2.C2H4O2/c13-1-4-6(16)8(18)9(19)11(21-4)23-12(3-15)10(20)7(17)5(2-14)22-12;1-3(2)4(5)6;1-2(3)4/h4-11,13-20H,1-3H2;3H,1-2H3,(H,5,6);1H3,(H,3,4)/t4-,5-,6-,7-,8+,9-,10+,11-,12+;;/m1../s1. The number of ether oxygens (including phenoxy) is 3. The summed E-state index contributed by atoms with van der Waals surface area (Å²) >= 11 is 0. The van der Waals surface area contributed by atoms with Crippen LogP contribution in [0.25, 0.3) is 0 Å². The van der Waals surface area contributed by atoms with Gasteiger partial charge in [-0.25, -0.2) is 0 Å². The maximum atomic E-state index is 10.00. The van der Waals surface area contributed by atoms with Gasteiger partial charge in [-0.1, -0.05) is 13.8 Å². The van der Waals surface area contributed by atoms with Crippen molar-refractivity contribution in [2.75, 3.05) is 19.8 Å². The van der Waals surface area contributed by atoms with E-state index in [1.165, 1.54) is 0 Å². The van der Waals surface area contributed by atoms with Crippen LogP contribution in [0.4, 0.5) is 0 Å². The van der Waals surface area contributed by atoms with Crippen LogP contribution in [0.15, 0.2) is 0 Å². The SMILES string of the molecule is CC(=O)O.CC(C)C(=O)O.OC[C@H]1O[C@@](CO)(O[C@H]2O[C@H](CO)[C@@H](O)[C@H](O)[C@H]2O)[C@@H](O)[C@@H]1O. The summed E-state index contributed by atoms with van der Waals surface area (Å²) in [5, 5.41) is 92.1. The fourth-order valence-corrected chi connectivity index (χ4v) is 2.63. The smallest absolute Gasteiger partial charge is 0.305 e. The first-order chi connectivity index (χ1) is 15.2. The molecule has 0 amide bonds. The van der Waals surface area contributed by atoms with Gasteiger partial charge in [0.25, 0.3) is 5.97 Å². The van der Waals surface area contributed by atoms with E-state index in [2.05, 4.69) is 0 Å². The summed E-state index contributed by atoms with van der Waals surface area (Å²) in [6, 6.07) is 0. The molecule has 10 N–H and O–H groups in total. The van der Waals surface area contributed by atoms with Crippen LogP contribution in [0, 0.1) is 5.92 Å². The van der Waals surface area contributed by atoms with E-state index >= 15 is 0 Å². The Kier molecular flexibility index (Phi) is 13.4. The molecule has 33 heavy (non-hydrogen) atoms. The first-order valence-electron chi connectivity index (χ1n) is 9.85. The lowest BCUT2D eigenvalue weighted by molar-refractivity contribution is -0.383. The summed E-state index contributed by atoms with van der Waals surface area (Å²) in [4.78, 5) is 18.7. The summed E-state index contributed by atoms with van der Waals surface area (Å²) in [7, 11) is 0. The van der Waals surface area contributed by atoms with Crippen molar-refractivity contribution in [3.8, 4) is 0 Å². The Bertz CT molecular complexity index is 595. The second-order valence-corrected chi connectivity index (χ2v) is 7.57. The van der Waals surface area contributed by atoms with E-state index in [9.17, 15) is 35.4 Å². The molecule has 0 bridgehead atoms. The lowest BCUT2D eigenvalue weighted by Crippen LogP contribution is -2.62. The highest BCUT2D eigenvalue weighted by atomic mass is 16.8. The molecule has 2 heterocycles. The van der Waals surface area contributed by atoms with Gasteiger partial charge in [0.05, 0.1) is 19.1 Å². The second kappa shape index (κ2) is 14.0. The molecule has 0 saturated carbocycles.